The van der Waals surface area contributed by atoms with E-state index in [9.17, 15) is 9.90 Å². The van der Waals surface area contributed by atoms with Crippen LogP contribution in [0.15, 0.2) is 48.5 Å². The van der Waals surface area contributed by atoms with Crippen molar-refractivity contribution in [2.75, 3.05) is 19.8 Å². The van der Waals surface area contributed by atoms with Crippen LogP contribution in [0.4, 0.5) is 0 Å². The fraction of sp³-hybridized carbons (Fsp3) is 0.471. The Labute approximate surface area is 136 Å². The molecular weight excluding hydrogens is 294 g/mol. The maximum atomic E-state index is 12.8. The zero-order chi connectivity index (χ0) is 16.3. The van der Waals surface area contributed by atoms with Gasteiger partial charge < -0.3 is 25.4 Å². The van der Waals surface area contributed by atoms with Crippen molar-refractivity contribution in [3.63, 3.8) is 0 Å². The van der Waals surface area contributed by atoms with Crippen LogP contribution < -0.4 is 10.6 Å². The smallest absolute Gasteiger partial charge is 0.264 e. The Bertz CT molecular complexity index is 574. The van der Waals surface area contributed by atoms with Gasteiger partial charge in [0, 0.05) is 31.5 Å². The summed E-state index contributed by atoms with van der Waals surface area (Å²) in [5, 5.41) is 16.1. The molecule has 0 aromatic rings. The first-order valence-corrected chi connectivity index (χ1v) is 7.93. The van der Waals surface area contributed by atoms with Crippen molar-refractivity contribution in [3.8, 4) is 0 Å². The molecule has 1 atom stereocenters. The lowest BCUT2D eigenvalue weighted by molar-refractivity contribution is -0.129. The third kappa shape index (κ3) is 3.04. The second kappa shape index (κ2) is 6.60. The number of aliphatic hydroxyl groups excluding tert-OH is 1. The van der Waals surface area contributed by atoms with Crippen molar-refractivity contribution in [1.82, 2.24) is 15.5 Å². The Morgan fingerprint density at radius 3 is 3.00 bits per heavy atom. The molecule has 3 N–H and O–H groups in total. The Morgan fingerprint density at radius 2 is 2.30 bits per heavy atom. The Hall–Kier alpha value is -2.05. The highest BCUT2D eigenvalue weighted by Gasteiger charge is 2.39. The first-order valence-electron chi connectivity index (χ1n) is 7.93. The molecular formula is C17H23N3O3. The number of allylic oxidation sites excluding steroid dienone is 4. The van der Waals surface area contributed by atoms with Gasteiger partial charge in [0.25, 0.3) is 5.91 Å². The van der Waals surface area contributed by atoms with Gasteiger partial charge >= 0.3 is 0 Å². The highest BCUT2D eigenvalue weighted by molar-refractivity contribution is 5.84. The van der Waals surface area contributed by atoms with Crippen LogP contribution in [0.3, 0.4) is 0 Å². The standard InChI is InChI=1S/C17H23N3O3/c1-2-5-13-14-6-3-4-9-20(14)15(18-13)16(22)19-17(12-21)7-10-23-11-8-17/h2-4,6,9,15,18,21H,1,5,7-8,10-12H2,(H,19,22). The van der Waals surface area contributed by atoms with E-state index >= 15 is 0 Å². The summed E-state index contributed by atoms with van der Waals surface area (Å²) in [7, 11) is 0. The predicted molar refractivity (Wildman–Crippen MR) is 86.9 cm³/mol. The summed E-state index contributed by atoms with van der Waals surface area (Å²) in [6.07, 6.45) is 10.9. The molecule has 0 aliphatic carbocycles. The molecule has 0 spiro atoms. The highest BCUT2D eigenvalue weighted by atomic mass is 16.5. The number of nitrogens with zero attached hydrogens (tertiary/aromatic N) is 1. The summed E-state index contributed by atoms with van der Waals surface area (Å²) in [6, 6.07) is 0. The van der Waals surface area contributed by atoms with Crippen molar-refractivity contribution in [3.05, 3.63) is 48.5 Å². The number of amides is 1. The van der Waals surface area contributed by atoms with E-state index in [4.69, 9.17) is 4.74 Å². The van der Waals surface area contributed by atoms with E-state index in [0.29, 0.717) is 32.5 Å². The summed E-state index contributed by atoms with van der Waals surface area (Å²) < 4.78 is 5.34. The lowest BCUT2D eigenvalue weighted by atomic mass is 9.91. The molecule has 23 heavy (non-hydrogen) atoms. The second-order valence-electron chi connectivity index (χ2n) is 6.05. The van der Waals surface area contributed by atoms with Crippen molar-refractivity contribution < 1.29 is 14.6 Å². The van der Waals surface area contributed by atoms with E-state index in [1.165, 1.54) is 0 Å². The number of carbonyl (C=O) groups excluding carboxylic acids is 1. The first-order chi connectivity index (χ1) is 11.2. The molecule has 3 rings (SSSR count). The Balaban J connectivity index is 1.74. The number of carbonyl (C=O) groups is 1. The van der Waals surface area contributed by atoms with Gasteiger partial charge in [0.15, 0.2) is 6.17 Å². The van der Waals surface area contributed by atoms with E-state index in [0.717, 1.165) is 11.4 Å². The topological polar surface area (TPSA) is 73.8 Å². The molecule has 0 bridgehead atoms. The van der Waals surface area contributed by atoms with Gasteiger partial charge in [-0.2, -0.15) is 0 Å². The molecule has 6 nitrogen and oxygen atoms in total. The summed E-state index contributed by atoms with van der Waals surface area (Å²) in [5.74, 6) is -0.141. The minimum atomic E-state index is -0.590. The molecule has 0 aromatic carbocycles. The first kappa shape index (κ1) is 15.8. The van der Waals surface area contributed by atoms with Crippen LogP contribution in [0.25, 0.3) is 0 Å². The van der Waals surface area contributed by atoms with Crippen molar-refractivity contribution >= 4 is 5.91 Å². The van der Waals surface area contributed by atoms with Gasteiger partial charge in [0.1, 0.15) is 0 Å². The minimum absolute atomic E-state index is 0.0790. The molecule has 1 unspecified atom stereocenters. The van der Waals surface area contributed by atoms with Crippen molar-refractivity contribution in [1.29, 1.82) is 0 Å². The lowest BCUT2D eigenvalue weighted by Crippen LogP contribution is -2.60. The summed E-state index contributed by atoms with van der Waals surface area (Å²) in [6.45, 7) is 4.79. The van der Waals surface area contributed by atoms with E-state index in [1.807, 2.05) is 35.4 Å². The average molecular weight is 317 g/mol. The van der Waals surface area contributed by atoms with Gasteiger partial charge in [-0.25, -0.2) is 0 Å². The molecule has 1 fully saturated rings. The number of aliphatic hydroxyl groups is 1. The minimum Gasteiger partial charge on any atom is -0.394 e. The van der Waals surface area contributed by atoms with E-state index in [2.05, 4.69) is 17.2 Å². The Kier molecular flexibility index (Phi) is 4.54. The number of ether oxygens (including phenoxy) is 1. The van der Waals surface area contributed by atoms with E-state index in [-0.39, 0.29) is 12.5 Å². The van der Waals surface area contributed by atoms with Crippen LogP contribution in [0.5, 0.6) is 0 Å². The fourth-order valence-corrected chi connectivity index (χ4v) is 3.16. The largest absolute Gasteiger partial charge is 0.394 e. The maximum absolute atomic E-state index is 12.8. The van der Waals surface area contributed by atoms with Crippen LogP contribution in [0.2, 0.25) is 0 Å². The quantitative estimate of drug-likeness (QED) is 0.653. The molecule has 3 aliphatic heterocycles. The van der Waals surface area contributed by atoms with Crippen LogP contribution >= 0.6 is 0 Å². The summed E-state index contributed by atoms with van der Waals surface area (Å²) >= 11 is 0. The normalized spacial score (nSPS) is 25.1. The number of fused-ring (bicyclic) bond motifs is 1. The van der Waals surface area contributed by atoms with Gasteiger partial charge in [0.2, 0.25) is 0 Å². The molecule has 1 saturated heterocycles. The SMILES string of the molecule is C=CCC1=C2C=CC=CN2C(C(=O)NC2(CO)CCOCC2)N1. The van der Waals surface area contributed by atoms with Gasteiger partial charge in [0.05, 0.1) is 17.8 Å². The van der Waals surface area contributed by atoms with E-state index in [1.54, 1.807) is 0 Å². The van der Waals surface area contributed by atoms with Crippen LogP contribution in [-0.2, 0) is 9.53 Å². The number of rotatable bonds is 5. The lowest BCUT2D eigenvalue weighted by Gasteiger charge is -2.38. The second-order valence-corrected chi connectivity index (χ2v) is 6.05. The molecule has 6 heteroatoms. The van der Waals surface area contributed by atoms with Crippen LogP contribution in [0.1, 0.15) is 19.3 Å². The molecule has 3 heterocycles. The summed E-state index contributed by atoms with van der Waals surface area (Å²) in [5.41, 5.74) is 1.37. The molecule has 0 saturated carbocycles. The molecule has 0 radical (unpaired) electrons. The molecule has 1 amide bonds. The number of hydrogen-bond acceptors (Lipinski definition) is 5. The number of nitrogens with one attached hydrogen (secondary N) is 2. The number of hydrogen-bond donors (Lipinski definition) is 3. The van der Waals surface area contributed by atoms with Gasteiger partial charge in [-0.05, 0) is 25.0 Å². The predicted octanol–water partition coefficient (Wildman–Crippen LogP) is 0.747. The van der Waals surface area contributed by atoms with Crippen molar-refractivity contribution in [2.45, 2.75) is 31.0 Å². The zero-order valence-corrected chi connectivity index (χ0v) is 13.1. The third-order valence-electron chi connectivity index (χ3n) is 4.53. The summed E-state index contributed by atoms with van der Waals surface area (Å²) in [4.78, 5) is 14.7. The molecule has 124 valence electrons. The third-order valence-corrected chi connectivity index (χ3v) is 4.53. The molecule has 0 aromatic heterocycles. The fourth-order valence-electron chi connectivity index (χ4n) is 3.16. The van der Waals surface area contributed by atoms with Crippen LogP contribution in [0, 0.1) is 0 Å². The molecule has 3 aliphatic rings. The van der Waals surface area contributed by atoms with Gasteiger partial charge in [-0.3, -0.25) is 4.79 Å². The Morgan fingerprint density at radius 1 is 1.52 bits per heavy atom. The monoisotopic (exact) mass is 317 g/mol. The zero-order valence-electron chi connectivity index (χ0n) is 13.1. The van der Waals surface area contributed by atoms with Crippen molar-refractivity contribution in [2.24, 2.45) is 0 Å². The average Bonchev–Trinajstić information content (AvgIpc) is 2.95. The van der Waals surface area contributed by atoms with Gasteiger partial charge in [-0.1, -0.05) is 12.2 Å². The maximum Gasteiger partial charge on any atom is 0.264 e. The highest BCUT2D eigenvalue weighted by Crippen LogP contribution is 2.28. The van der Waals surface area contributed by atoms with Crippen LogP contribution in [-0.4, -0.2) is 47.4 Å². The van der Waals surface area contributed by atoms with Gasteiger partial charge in [-0.15, -0.1) is 6.58 Å². The van der Waals surface area contributed by atoms with E-state index < -0.39 is 11.7 Å².